The van der Waals surface area contributed by atoms with Crippen molar-refractivity contribution in [1.29, 1.82) is 0 Å². The lowest BCUT2D eigenvalue weighted by molar-refractivity contribution is -0.0441. The van der Waals surface area contributed by atoms with Crippen LogP contribution in [0.1, 0.15) is 58.3 Å². The van der Waals surface area contributed by atoms with E-state index in [0.717, 1.165) is 50.1 Å². The highest BCUT2D eigenvalue weighted by Gasteiger charge is 2.43. The zero-order valence-corrected chi connectivity index (χ0v) is 11.9. The molecule has 104 valence electrons. The van der Waals surface area contributed by atoms with Crippen molar-refractivity contribution in [1.82, 2.24) is 4.90 Å². The van der Waals surface area contributed by atoms with E-state index >= 15 is 0 Å². The predicted molar refractivity (Wildman–Crippen MR) is 74.5 cm³/mol. The van der Waals surface area contributed by atoms with Crippen LogP contribution in [0.25, 0.3) is 0 Å². The molecule has 2 nitrogen and oxygen atoms in total. The van der Waals surface area contributed by atoms with E-state index in [1.165, 1.54) is 38.6 Å². The second-order valence-corrected chi connectivity index (χ2v) is 7.21. The van der Waals surface area contributed by atoms with Gasteiger partial charge >= 0.3 is 0 Å². The van der Waals surface area contributed by atoms with Crippen LogP contribution in [0, 0.1) is 17.8 Å². The summed E-state index contributed by atoms with van der Waals surface area (Å²) in [7, 11) is 0. The highest BCUT2D eigenvalue weighted by Crippen LogP contribution is 2.51. The Balaban J connectivity index is 1.50. The van der Waals surface area contributed by atoms with Crippen molar-refractivity contribution >= 4 is 0 Å². The maximum Gasteiger partial charge on any atom is 0.0674 e. The van der Waals surface area contributed by atoms with E-state index in [2.05, 4.69) is 11.8 Å². The van der Waals surface area contributed by atoms with E-state index in [1.807, 2.05) is 0 Å². The molecule has 1 saturated heterocycles. The number of rotatable bonds is 4. The van der Waals surface area contributed by atoms with Gasteiger partial charge in [-0.3, -0.25) is 0 Å². The quantitative estimate of drug-likeness (QED) is 0.830. The molecule has 2 bridgehead atoms. The molecule has 3 fully saturated rings. The van der Waals surface area contributed by atoms with Gasteiger partial charge in [0.1, 0.15) is 0 Å². The van der Waals surface area contributed by atoms with E-state index in [1.54, 1.807) is 0 Å². The average Bonchev–Trinajstić information content (AvgIpc) is 2.94. The Morgan fingerprint density at radius 1 is 1.17 bits per heavy atom. The Morgan fingerprint density at radius 3 is 2.50 bits per heavy atom. The van der Waals surface area contributed by atoms with Gasteiger partial charge in [0, 0.05) is 13.1 Å². The molecule has 0 amide bonds. The van der Waals surface area contributed by atoms with E-state index in [9.17, 15) is 5.11 Å². The third-order valence-electron chi connectivity index (χ3n) is 5.85. The maximum absolute atomic E-state index is 10.8. The first-order chi connectivity index (χ1) is 8.68. The third kappa shape index (κ3) is 2.60. The molecule has 3 unspecified atom stereocenters. The van der Waals surface area contributed by atoms with Gasteiger partial charge in [-0.25, -0.2) is 0 Å². The van der Waals surface area contributed by atoms with Gasteiger partial charge in [-0.2, -0.15) is 0 Å². The minimum Gasteiger partial charge on any atom is -0.390 e. The van der Waals surface area contributed by atoms with E-state index in [0.29, 0.717) is 0 Å². The Kier molecular flexibility index (Phi) is 3.68. The van der Waals surface area contributed by atoms with E-state index in [4.69, 9.17) is 0 Å². The van der Waals surface area contributed by atoms with Crippen LogP contribution in [0.15, 0.2) is 0 Å². The zero-order valence-electron chi connectivity index (χ0n) is 11.9. The molecule has 0 aromatic carbocycles. The monoisotopic (exact) mass is 251 g/mol. The minimum absolute atomic E-state index is 0.320. The van der Waals surface area contributed by atoms with Crippen molar-refractivity contribution in [2.75, 3.05) is 19.6 Å². The Morgan fingerprint density at radius 2 is 1.94 bits per heavy atom. The molecule has 18 heavy (non-hydrogen) atoms. The summed E-state index contributed by atoms with van der Waals surface area (Å²) in [4.78, 5) is 2.52. The lowest BCUT2D eigenvalue weighted by Crippen LogP contribution is -2.45. The highest BCUT2D eigenvalue weighted by molar-refractivity contribution is 4.95. The van der Waals surface area contributed by atoms with Crippen molar-refractivity contribution in [2.45, 2.75) is 63.9 Å². The molecule has 0 aromatic heterocycles. The molecule has 0 aromatic rings. The van der Waals surface area contributed by atoms with Crippen LogP contribution in [0.3, 0.4) is 0 Å². The number of hydrogen-bond acceptors (Lipinski definition) is 2. The number of aliphatic hydroxyl groups is 1. The fourth-order valence-electron chi connectivity index (χ4n) is 4.83. The molecule has 0 radical (unpaired) electrons. The number of nitrogens with zero attached hydrogens (tertiary/aromatic N) is 1. The topological polar surface area (TPSA) is 23.5 Å². The fraction of sp³-hybridized carbons (Fsp3) is 1.00. The molecule has 2 heteroatoms. The van der Waals surface area contributed by atoms with Crippen LogP contribution >= 0.6 is 0 Å². The van der Waals surface area contributed by atoms with Crippen molar-refractivity contribution < 1.29 is 5.11 Å². The molecule has 1 heterocycles. The average molecular weight is 251 g/mol. The van der Waals surface area contributed by atoms with E-state index in [-0.39, 0.29) is 5.60 Å². The smallest absolute Gasteiger partial charge is 0.0674 e. The summed E-state index contributed by atoms with van der Waals surface area (Å²) in [5, 5.41) is 10.8. The number of piperidine rings is 1. The van der Waals surface area contributed by atoms with Gasteiger partial charge in [0.05, 0.1) is 5.60 Å². The van der Waals surface area contributed by atoms with Crippen molar-refractivity contribution in [2.24, 2.45) is 17.8 Å². The van der Waals surface area contributed by atoms with Crippen molar-refractivity contribution in [3.8, 4) is 0 Å². The van der Waals surface area contributed by atoms with Gasteiger partial charge in [-0.15, -0.1) is 0 Å². The molecule has 3 atom stereocenters. The lowest BCUT2D eigenvalue weighted by atomic mass is 9.76. The number of likely N-dealkylation sites (tertiary alicyclic amines) is 1. The van der Waals surface area contributed by atoms with Gasteiger partial charge < -0.3 is 10.0 Å². The first kappa shape index (κ1) is 12.9. The summed E-state index contributed by atoms with van der Waals surface area (Å²) in [6.07, 6.45) is 10.2. The van der Waals surface area contributed by atoms with Gasteiger partial charge in [0.25, 0.3) is 0 Å². The summed E-state index contributed by atoms with van der Waals surface area (Å²) in [6, 6.07) is 0. The van der Waals surface area contributed by atoms with Gasteiger partial charge in [0.15, 0.2) is 0 Å². The summed E-state index contributed by atoms with van der Waals surface area (Å²) in [6.45, 7) is 5.69. The first-order valence-electron chi connectivity index (χ1n) is 8.13. The minimum atomic E-state index is -0.320. The molecule has 1 N–H and O–H groups in total. The molecular formula is C16H29NO. The SMILES string of the molecule is CCCN1CCC(O)(CC2CC3CCC2C3)CC1. The van der Waals surface area contributed by atoms with Gasteiger partial charge in [-0.05, 0) is 69.2 Å². The summed E-state index contributed by atoms with van der Waals surface area (Å²) < 4.78 is 0. The molecule has 3 aliphatic rings. The first-order valence-corrected chi connectivity index (χ1v) is 8.13. The normalized spacial score (nSPS) is 39.3. The second kappa shape index (κ2) is 5.13. The molecule has 1 aliphatic heterocycles. The predicted octanol–water partition coefficient (Wildman–Crippen LogP) is 3.05. The van der Waals surface area contributed by atoms with Crippen LogP contribution in [0.5, 0.6) is 0 Å². The van der Waals surface area contributed by atoms with Crippen LogP contribution in [0.4, 0.5) is 0 Å². The molecule has 0 spiro atoms. The Labute approximate surface area is 112 Å². The molecule has 2 aliphatic carbocycles. The van der Waals surface area contributed by atoms with Crippen LogP contribution < -0.4 is 0 Å². The maximum atomic E-state index is 10.8. The summed E-state index contributed by atoms with van der Waals surface area (Å²) in [5.41, 5.74) is -0.320. The Hall–Kier alpha value is -0.0800. The fourth-order valence-corrected chi connectivity index (χ4v) is 4.83. The third-order valence-corrected chi connectivity index (χ3v) is 5.85. The zero-order chi connectivity index (χ0) is 12.6. The largest absolute Gasteiger partial charge is 0.390 e. The summed E-state index contributed by atoms with van der Waals surface area (Å²) in [5.74, 6) is 2.84. The molecular weight excluding hydrogens is 222 g/mol. The van der Waals surface area contributed by atoms with Crippen molar-refractivity contribution in [3.05, 3.63) is 0 Å². The molecule has 2 saturated carbocycles. The van der Waals surface area contributed by atoms with Crippen LogP contribution in [-0.4, -0.2) is 35.2 Å². The van der Waals surface area contributed by atoms with E-state index < -0.39 is 0 Å². The van der Waals surface area contributed by atoms with Crippen LogP contribution in [0.2, 0.25) is 0 Å². The van der Waals surface area contributed by atoms with Gasteiger partial charge in [0.2, 0.25) is 0 Å². The number of hydrogen-bond donors (Lipinski definition) is 1. The lowest BCUT2D eigenvalue weighted by Gasteiger charge is -2.40. The highest BCUT2D eigenvalue weighted by atomic mass is 16.3. The summed E-state index contributed by atoms with van der Waals surface area (Å²) >= 11 is 0. The van der Waals surface area contributed by atoms with Gasteiger partial charge in [-0.1, -0.05) is 13.3 Å². The Bertz CT molecular complexity index is 283. The van der Waals surface area contributed by atoms with Crippen LogP contribution in [-0.2, 0) is 0 Å². The second-order valence-electron chi connectivity index (χ2n) is 7.21. The van der Waals surface area contributed by atoms with Crippen molar-refractivity contribution in [3.63, 3.8) is 0 Å². The standard InChI is InChI=1S/C16H29NO/c1-2-7-17-8-5-16(18,6-9-17)12-15-11-13-3-4-14(15)10-13/h13-15,18H,2-12H2,1H3. The molecule has 3 rings (SSSR count). The number of fused-ring (bicyclic) bond motifs is 2.